The van der Waals surface area contributed by atoms with Gasteiger partial charge in [-0.3, -0.25) is 4.98 Å². The monoisotopic (exact) mass is 313 g/mol. The largest absolute Gasteiger partial charge is 0.434 e. The molecule has 0 unspecified atom stereocenters. The van der Waals surface area contributed by atoms with Crippen LogP contribution in [0.15, 0.2) is 18.6 Å². The highest BCUT2D eigenvalue weighted by molar-refractivity contribution is 5.49. The fourth-order valence-corrected chi connectivity index (χ4v) is 1.99. The van der Waals surface area contributed by atoms with Crippen molar-refractivity contribution in [3.8, 4) is 11.5 Å². The molecule has 2 rings (SSSR count). The minimum absolute atomic E-state index is 0.165. The van der Waals surface area contributed by atoms with Crippen LogP contribution in [0.1, 0.15) is 31.3 Å². The first kappa shape index (κ1) is 16.4. The van der Waals surface area contributed by atoms with E-state index in [0.717, 1.165) is 11.9 Å². The number of nitrogens with zero attached hydrogens (tertiary/aromatic N) is 5. The number of alkyl halides is 3. The summed E-state index contributed by atoms with van der Waals surface area (Å²) in [5.74, 6) is 0.172. The van der Waals surface area contributed by atoms with Gasteiger partial charge in [0.05, 0.1) is 18.1 Å². The molecule has 0 spiro atoms. The van der Waals surface area contributed by atoms with E-state index in [1.807, 2.05) is 19.0 Å². The van der Waals surface area contributed by atoms with Gasteiger partial charge in [-0.05, 0) is 27.9 Å². The minimum Gasteiger partial charge on any atom is -0.326 e. The van der Waals surface area contributed by atoms with Crippen LogP contribution in [0.25, 0.3) is 11.5 Å². The van der Waals surface area contributed by atoms with Gasteiger partial charge >= 0.3 is 6.18 Å². The highest BCUT2D eigenvalue weighted by Crippen LogP contribution is 2.31. The molecule has 0 atom stereocenters. The predicted octanol–water partition coefficient (Wildman–Crippen LogP) is 3.00. The second-order valence-electron chi connectivity index (χ2n) is 5.58. The molecule has 2 aromatic rings. The Morgan fingerprint density at radius 2 is 1.86 bits per heavy atom. The van der Waals surface area contributed by atoms with E-state index in [9.17, 15) is 13.2 Å². The number of hydrogen-bond acceptors (Lipinski definition) is 4. The van der Waals surface area contributed by atoms with Gasteiger partial charge in [0.25, 0.3) is 0 Å². The maximum atomic E-state index is 12.9. The summed E-state index contributed by atoms with van der Waals surface area (Å²) >= 11 is 0. The second kappa shape index (κ2) is 6.04. The molecule has 0 aliphatic carbocycles. The van der Waals surface area contributed by atoms with Crippen LogP contribution < -0.4 is 0 Å². The first-order chi connectivity index (χ1) is 10.2. The highest BCUT2D eigenvalue weighted by Gasteiger charge is 2.35. The van der Waals surface area contributed by atoms with Crippen molar-refractivity contribution in [2.45, 2.75) is 32.6 Å². The maximum absolute atomic E-state index is 12.9. The fraction of sp³-hybridized carbons (Fsp3) is 0.500. The van der Waals surface area contributed by atoms with Crippen molar-refractivity contribution in [3.63, 3.8) is 0 Å². The third kappa shape index (κ3) is 3.62. The van der Waals surface area contributed by atoms with E-state index >= 15 is 0 Å². The molecule has 0 N–H and O–H groups in total. The van der Waals surface area contributed by atoms with Crippen LogP contribution >= 0.6 is 0 Å². The summed E-state index contributed by atoms with van der Waals surface area (Å²) in [6, 6.07) is -0.165. The fourth-order valence-electron chi connectivity index (χ4n) is 1.99. The standard InChI is InChI=1S/C14H18F3N5/c1-9(2)22-8-12(14(15,16)17)20-13(22)11-6-18-10(5-19-11)7-21(3)4/h5-6,8-9H,7H2,1-4H3. The molecule has 2 aromatic heterocycles. The van der Waals surface area contributed by atoms with Crippen LogP contribution in [-0.2, 0) is 12.7 Å². The smallest absolute Gasteiger partial charge is 0.326 e. The Hall–Kier alpha value is -1.96. The number of imidazole rings is 1. The van der Waals surface area contributed by atoms with Gasteiger partial charge in [-0.25, -0.2) is 9.97 Å². The number of halogens is 3. The van der Waals surface area contributed by atoms with E-state index < -0.39 is 11.9 Å². The Kier molecular flexibility index (Phi) is 4.50. The molecule has 5 nitrogen and oxygen atoms in total. The average Bonchev–Trinajstić information content (AvgIpc) is 2.84. The number of rotatable bonds is 4. The minimum atomic E-state index is -4.48. The maximum Gasteiger partial charge on any atom is 0.434 e. The summed E-state index contributed by atoms with van der Waals surface area (Å²) in [5.41, 5.74) is 0.148. The molecule has 0 aromatic carbocycles. The van der Waals surface area contributed by atoms with Crippen molar-refractivity contribution in [3.05, 3.63) is 30.0 Å². The van der Waals surface area contributed by atoms with Crippen molar-refractivity contribution < 1.29 is 13.2 Å². The van der Waals surface area contributed by atoms with Gasteiger partial charge in [-0.15, -0.1) is 0 Å². The third-order valence-corrected chi connectivity index (χ3v) is 2.99. The molecule has 0 radical (unpaired) electrons. The highest BCUT2D eigenvalue weighted by atomic mass is 19.4. The summed E-state index contributed by atoms with van der Waals surface area (Å²) in [6.45, 7) is 4.19. The first-order valence-electron chi connectivity index (χ1n) is 6.80. The molecule has 0 saturated carbocycles. The quantitative estimate of drug-likeness (QED) is 0.870. The predicted molar refractivity (Wildman–Crippen MR) is 76.0 cm³/mol. The van der Waals surface area contributed by atoms with Crippen LogP contribution in [0, 0.1) is 0 Å². The molecule has 0 aliphatic rings. The van der Waals surface area contributed by atoms with Crippen LogP contribution in [0.5, 0.6) is 0 Å². The summed E-state index contributed by atoms with van der Waals surface area (Å²) in [4.78, 5) is 14.0. The molecular weight excluding hydrogens is 295 g/mol. The lowest BCUT2D eigenvalue weighted by atomic mass is 10.3. The van der Waals surface area contributed by atoms with Crippen molar-refractivity contribution in [2.24, 2.45) is 0 Å². The van der Waals surface area contributed by atoms with Crippen molar-refractivity contribution in [1.82, 2.24) is 24.4 Å². The molecular formula is C14H18F3N5. The Morgan fingerprint density at radius 3 is 2.32 bits per heavy atom. The first-order valence-corrected chi connectivity index (χ1v) is 6.80. The topological polar surface area (TPSA) is 46.8 Å². The normalized spacial score (nSPS) is 12.4. The van der Waals surface area contributed by atoms with Gasteiger partial charge in [0.1, 0.15) is 5.69 Å². The zero-order valence-electron chi connectivity index (χ0n) is 12.9. The van der Waals surface area contributed by atoms with E-state index in [2.05, 4.69) is 15.0 Å². The second-order valence-corrected chi connectivity index (χ2v) is 5.58. The average molecular weight is 313 g/mol. The summed E-state index contributed by atoms with van der Waals surface area (Å²) in [7, 11) is 3.80. The van der Waals surface area contributed by atoms with E-state index in [1.54, 1.807) is 20.0 Å². The van der Waals surface area contributed by atoms with Gasteiger partial charge < -0.3 is 9.47 Å². The lowest BCUT2D eigenvalue weighted by Gasteiger charge is -2.11. The van der Waals surface area contributed by atoms with Gasteiger partial charge in [0.15, 0.2) is 11.5 Å². The lowest BCUT2D eigenvalue weighted by molar-refractivity contribution is -0.140. The third-order valence-electron chi connectivity index (χ3n) is 2.99. The molecule has 2 heterocycles. The van der Waals surface area contributed by atoms with Crippen molar-refractivity contribution in [1.29, 1.82) is 0 Å². The zero-order chi connectivity index (χ0) is 16.5. The van der Waals surface area contributed by atoms with Crippen LogP contribution in [-0.4, -0.2) is 38.5 Å². The Morgan fingerprint density at radius 1 is 1.18 bits per heavy atom. The zero-order valence-corrected chi connectivity index (χ0v) is 12.9. The van der Waals surface area contributed by atoms with Gasteiger partial charge in [-0.1, -0.05) is 0 Å². The molecule has 0 bridgehead atoms. The summed E-state index contributed by atoms with van der Waals surface area (Å²) in [6.07, 6.45) is -0.454. The van der Waals surface area contributed by atoms with Crippen molar-refractivity contribution in [2.75, 3.05) is 14.1 Å². The molecule has 0 amide bonds. The van der Waals surface area contributed by atoms with Gasteiger partial charge in [0, 0.05) is 18.8 Å². The molecule has 0 aliphatic heterocycles. The van der Waals surface area contributed by atoms with E-state index in [0.29, 0.717) is 12.2 Å². The Labute approximate surface area is 126 Å². The van der Waals surface area contributed by atoms with Crippen LogP contribution in [0.3, 0.4) is 0 Å². The molecule has 0 saturated heterocycles. The van der Waals surface area contributed by atoms with E-state index in [-0.39, 0.29) is 11.9 Å². The number of aromatic nitrogens is 4. The van der Waals surface area contributed by atoms with Crippen molar-refractivity contribution >= 4 is 0 Å². The van der Waals surface area contributed by atoms with Gasteiger partial charge in [0.2, 0.25) is 0 Å². The summed E-state index contributed by atoms with van der Waals surface area (Å²) < 4.78 is 40.0. The van der Waals surface area contributed by atoms with E-state index in [1.165, 1.54) is 10.8 Å². The van der Waals surface area contributed by atoms with Crippen LogP contribution in [0.4, 0.5) is 13.2 Å². The lowest BCUT2D eigenvalue weighted by Crippen LogP contribution is -2.12. The van der Waals surface area contributed by atoms with Gasteiger partial charge in [-0.2, -0.15) is 13.2 Å². The molecule has 22 heavy (non-hydrogen) atoms. The van der Waals surface area contributed by atoms with Crippen LogP contribution in [0.2, 0.25) is 0 Å². The number of hydrogen-bond donors (Lipinski definition) is 0. The SMILES string of the molecule is CC(C)n1cc(C(F)(F)F)nc1-c1cnc(CN(C)C)cn1. The molecule has 120 valence electrons. The van der Waals surface area contributed by atoms with E-state index in [4.69, 9.17) is 0 Å². The summed E-state index contributed by atoms with van der Waals surface area (Å²) in [5, 5.41) is 0. The molecule has 8 heteroatoms. The molecule has 0 fully saturated rings. The Bertz CT molecular complexity index is 629. The Balaban J connectivity index is 2.40.